The smallest absolute Gasteiger partial charge is 0.328 e. The quantitative estimate of drug-likeness (QED) is 0.779. The van der Waals surface area contributed by atoms with Crippen molar-refractivity contribution in [1.82, 2.24) is 19.5 Å². The number of aromatic nitrogens is 4. The molecule has 0 unspecified atom stereocenters. The Labute approximate surface area is 132 Å². The normalized spacial score (nSPS) is 15.5. The zero-order valence-electron chi connectivity index (χ0n) is 12.7. The van der Waals surface area contributed by atoms with E-state index in [-0.39, 0.29) is 11.4 Å². The molecule has 6 heteroatoms. The average molecular weight is 310 g/mol. The summed E-state index contributed by atoms with van der Waals surface area (Å²) in [7, 11) is 0. The lowest BCUT2D eigenvalue weighted by molar-refractivity contribution is 0.456. The number of fused-ring (bicyclic) bond motifs is 1. The largest absolute Gasteiger partial charge is 0.508 e. The second-order valence-electron chi connectivity index (χ2n) is 6.17. The van der Waals surface area contributed by atoms with E-state index in [0.29, 0.717) is 29.5 Å². The van der Waals surface area contributed by atoms with Crippen LogP contribution in [0.5, 0.6) is 5.75 Å². The van der Waals surface area contributed by atoms with Gasteiger partial charge in [0.25, 0.3) is 0 Å². The van der Waals surface area contributed by atoms with Gasteiger partial charge in [-0.05, 0) is 43.0 Å². The van der Waals surface area contributed by atoms with Gasteiger partial charge < -0.3 is 5.11 Å². The van der Waals surface area contributed by atoms with E-state index in [2.05, 4.69) is 15.0 Å². The van der Waals surface area contributed by atoms with Gasteiger partial charge in [-0.25, -0.2) is 14.8 Å². The number of nitrogens with zero attached hydrogens (tertiary/aromatic N) is 3. The van der Waals surface area contributed by atoms with Gasteiger partial charge in [0, 0.05) is 12.1 Å². The predicted molar refractivity (Wildman–Crippen MR) is 87.2 cm³/mol. The summed E-state index contributed by atoms with van der Waals surface area (Å²) in [5, 5.41) is 9.40. The summed E-state index contributed by atoms with van der Waals surface area (Å²) in [6, 6.07) is 6.81. The third-order valence-corrected chi connectivity index (χ3v) is 4.56. The highest BCUT2D eigenvalue weighted by Gasteiger charge is 2.19. The van der Waals surface area contributed by atoms with Crippen molar-refractivity contribution in [3.8, 4) is 17.0 Å². The molecule has 0 aliphatic heterocycles. The number of nitrogens with one attached hydrogen (secondary N) is 1. The molecule has 2 heterocycles. The van der Waals surface area contributed by atoms with Gasteiger partial charge in [0.2, 0.25) is 0 Å². The molecule has 1 saturated carbocycles. The summed E-state index contributed by atoms with van der Waals surface area (Å²) < 4.78 is 1.71. The van der Waals surface area contributed by atoms with Gasteiger partial charge in [-0.15, -0.1) is 0 Å². The minimum atomic E-state index is -0.144. The number of phenols is 1. The number of benzene rings is 1. The van der Waals surface area contributed by atoms with Crippen LogP contribution in [-0.4, -0.2) is 24.6 Å². The zero-order valence-corrected chi connectivity index (χ0v) is 12.7. The van der Waals surface area contributed by atoms with Crippen LogP contribution in [0.25, 0.3) is 22.6 Å². The number of hydrogen-bond acceptors (Lipinski definition) is 4. The van der Waals surface area contributed by atoms with Crippen LogP contribution >= 0.6 is 0 Å². The lowest BCUT2D eigenvalue weighted by atomic mass is 10.1. The van der Waals surface area contributed by atoms with E-state index >= 15 is 0 Å². The Hall–Kier alpha value is -2.63. The van der Waals surface area contributed by atoms with Crippen molar-refractivity contribution < 1.29 is 5.11 Å². The fourth-order valence-corrected chi connectivity index (χ4v) is 3.31. The third kappa shape index (κ3) is 2.60. The summed E-state index contributed by atoms with van der Waals surface area (Å²) in [5.41, 5.74) is 2.53. The molecule has 6 nitrogen and oxygen atoms in total. The van der Waals surface area contributed by atoms with Crippen LogP contribution in [0.15, 0.2) is 35.3 Å². The average Bonchev–Trinajstić information content (AvgIpc) is 3.17. The highest BCUT2D eigenvalue weighted by atomic mass is 16.3. The van der Waals surface area contributed by atoms with Crippen molar-refractivity contribution in [1.29, 1.82) is 0 Å². The number of H-pyrrole nitrogens is 1. The Morgan fingerprint density at radius 1 is 1.22 bits per heavy atom. The molecule has 0 bridgehead atoms. The molecule has 4 rings (SSSR count). The van der Waals surface area contributed by atoms with E-state index in [9.17, 15) is 9.90 Å². The van der Waals surface area contributed by atoms with Crippen molar-refractivity contribution in [3.63, 3.8) is 0 Å². The third-order valence-electron chi connectivity index (χ3n) is 4.56. The van der Waals surface area contributed by atoms with Gasteiger partial charge in [-0.3, -0.25) is 9.55 Å². The number of aromatic hydroxyl groups is 1. The first kappa shape index (κ1) is 14.0. The molecule has 0 radical (unpaired) electrons. The summed E-state index contributed by atoms with van der Waals surface area (Å²) in [6.07, 6.45) is 6.47. The maximum Gasteiger partial charge on any atom is 0.328 e. The van der Waals surface area contributed by atoms with E-state index in [1.54, 1.807) is 35.0 Å². The molecule has 0 saturated heterocycles. The van der Waals surface area contributed by atoms with Crippen molar-refractivity contribution in [2.75, 3.05) is 0 Å². The Morgan fingerprint density at radius 2 is 1.96 bits per heavy atom. The first-order valence-corrected chi connectivity index (χ1v) is 7.95. The van der Waals surface area contributed by atoms with Crippen molar-refractivity contribution in [3.05, 3.63) is 40.9 Å². The van der Waals surface area contributed by atoms with Gasteiger partial charge in [0.05, 0.1) is 11.9 Å². The van der Waals surface area contributed by atoms with E-state index in [1.165, 1.54) is 25.7 Å². The van der Waals surface area contributed by atoms with E-state index in [1.807, 2.05) is 0 Å². The fourth-order valence-electron chi connectivity index (χ4n) is 3.31. The van der Waals surface area contributed by atoms with E-state index in [0.717, 1.165) is 5.56 Å². The highest BCUT2D eigenvalue weighted by Crippen LogP contribution is 2.27. The van der Waals surface area contributed by atoms with Crippen molar-refractivity contribution in [2.24, 2.45) is 5.92 Å². The van der Waals surface area contributed by atoms with Gasteiger partial charge in [-0.1, -0.05) is 12.8 Å². The molecular formula is C17H18N4O2. The second kappa shape index (κ2) is 5.53. The standard InChI is InChI=1S/C17H18N4O2/c22-13-7-5-12(6-8-13)14-9-18-15-16(19-14)21(17(23)20-15)10-11-3-1-2-4-11/h5-9,11,22H,1-4,10H2,(H,18,20,23). The number of rotatable bonds is 3. The van der Waals surface area contributed by atoms with Gasteiger partial charge >= 0.3 is 5.69 Å². The molecule has 1 fully saturated rings. The van der Waals surface area contributed by atoms with Crippen LogP contribution in [-0.2, 0) is 6.54 Å². The molecule has 0 amide bonds. The minimum absolute atomic E-state index is 0.144. The van der Waals surface area contributed by atoms with Crippen LogP contribution in [0.1, 0.15) is 25.7 Å². The Kier molecular flexibility index (Phi) is 3.37. The van der Waals surface area contributed by atoms with Crippen LogP contribution < -0.4 is 5.69 Å². The SMILES string of the molecule is O=c1[nH]c2ncc(-c3ccc(O)cc3)nc2n1CC1CCCC1. The summed E-state index contributed by atoms with van der Waals surface area (Å²) >= 11 is 0. The predicted octanol–water partition coefficient (Wildman–Crippen LogP) is 2.68. The van der Waals surface area contributed by atoms with E-state index in [4.69, 9.17) is 0 Å². The van der Waals surface area contributed by atoms with Gasteiger partial charge in [-0.2, -0.15) is 0 Å². The molecule has 23 heavy (non-hydrogen) atoms. The number of aromatic amines is 1. The maximum absolute atomic E-state index is 12.2. The van der Waals surface area contributed by atoms with Crippen LogP contribution in [0.4, 0.5) is 0 Å². The molecule has 1 aliphatic carbocycles. The monoisotopic (exact) mass is 310 g/mol. The van der Waals surface area contributed by atoms with Crippen molar-refractivity contribution in [2.45, 2.75) is 32.2 Å². The number of hydrogen-bond donors (Lipinski definition) is 2. The van der Waals surface area contributed by atoms with Crippen LogP contribution in [0.3, 0.4) is 0 Å². The summed E-state index contributed by atoms with van der Waals surface area (Å²) in [6.45, 7) is 0.701. The number of imidazole rings is 1. The van der Waals surface area contributed by atoms with E-state index < -0.39 is 0 Å². The molecule has 3 aromatic rings. The van der Waals surface area contributed by atoms with Crippen LogP contribution in [0, 0.1) is 5.92 Å². The fraction of sp³-hybridized carbons (Fsp3) is 0.353. The highest BCUT2D eigenvalue weighted by molar-refractivity contribution is 5.71. The molecule has 2 N–H and O–H groups in total. The Morgan fingerprint density at radius 3 is 2.70 bits per heavy atom. The second-order valence-corrected chi connectivity index (χ2v) is 6.17. The summed E-state index contributed by atoms with van der Waals surface area (Å²) in [5.74, 6) is 0.758. The minimum Gasteiger partial charge on any atom is -0.508 e. The Bertz CT molecular complexity index is 889. The maximum atomic E-state index is 12.2. The van der Waals surface area contributed by atoms with Crippen molar-refractivity contribution >= 4 is 11.3 Å². The first-order valence-electron chi connectivity index (χ1n) is 7.95. The lowest BCUT2D eigenvalue weighted by Gasteiger charge is -2.09. The molecule has 2 aromatic heterocycles. The van der Waals surface area contributed by atoms with Gasteiger partial charge in [0.1, 0.15) is 5.75 Å². The number of phenolic OH excluding ortho intramolecular Hbond substituents is 1. The Balaban J connectivity index is 1.77. The molecule has 1 aromatic carbocycles. The van der Waals surface area contributed by atoms with Crippen LogP contribution in [0.2, 0.25) is 0 Å². The zero-order chi connectivity index (χ0) is 15.8. The molecule has 118 valence electrons. The molecular weight excluding hydrogens is 292 g/mol. The molecule has 1 aliphatic rings. The van der Waals surface area contributed by atoms with Gasteiger partial charge in [0.15, 0.2) is 11.3 Å². The first-order chi connectivity index (χ1) is 11.2. The lowest BCUT2D eigenvalue weighted by Crippen LogP contribution is -2.20. The molecule has 0 atom stereocenters. The topological polar surface area (TPSA) is 83.8 Å². The summed E-state index contributed by atoms with van der Waals surface area (Å²) in [4.78, 5) is 24.0. The molecule has 0 spiro atoms.